The minimum Gasteiger partial charge on any atom is -0.356 e. The summed E-state index contributed by atoms with van der Waals surface area (Å²) < 4.78 is 0. The van der Waals surface area contributed by atoms with Gasteiger partial charge in [0.2, 0.25) is 0 Å². The van der Waals surface area contributed by atoms with E-state index in [0.717, 1.165) is 25.0 Å². The van der Waals surface area contributed by atoms with Crippen LogP contribution in [0, 0.1) is 5.92 Å². The fourth-order valence-corrected chi connectivity index (χ4v) is 3.45. The highest BCUT2D eigenvalue weighted by atomic mass is 127. The average molecular weight is 436 g/mol. The van der Waals surface area contributed by atoms with E-state index < -0.39 is 0 Å². The van der Waals surface area contributed by atoms with Crippen LogP contribution in [0.3, 0.4) is 0 Å². The van der Waals surface area contributed by atoms with Crippen molar-refractivity contribution >= 4 is 41.3 Å². The van der Waals surface area contributed by atoms with Gasteiger partial charge in [-0.15, -0.1) is 24.0 Å². The molecule has 0 amide bonds. The highest BCUT2D eigenvalue weighted by molar-refractivity contribution is 14.0. The summed E-state index contributed by atoms with van der Waals surface area (Å²) in [5.74, 6) is 1.78. The third-order valence-electron chi connectivity index (χ3n) is 4.26. The normalized spacial score (nSPS) is 17.1. The number of nitrogens with zero attached hydrogens (tertiary/aromatic N) is 2. The fourth-order valence-electron chi connectivity index (χ4n) is 2.79. The maximum Gasteiger partial charge on any atom is 0.191 e. The molecule has 0 spiro atoms. The van der Waals surface area contributed by atoms with Gasteiger partial charge in [-0.1, -0.05) is 6.92 Å². The summed E-state index contributed by atoms with van der Waals surface area (Å²) in [5.41, 5.74) is 1.31. The Balaban J connectivity index is 0.00000242. The SMILES string of the molecule is CCN1CCC(CCNC(=NC)NCc2ccsc2)CC1.I. The number of piperidine rings is 1. The van der Waals surface area contributed by atoms with Crippen molar-refractivity contribution in [3.63, 3.8) is 0 Å². The predicted molar refractivity (Wildman–Crippen MR) is 107 cm³/mol. The Morgan fingerprint density at radius 3 is 2.73 bits per heavy atom. The molecule has 0 unspecified atom stereocenters. The molecule has 4 nitrogen and oxygen atoms in total. The Morgan fingerprint density at radius 1 is 1.36 bits per heavy atom. The third kappa shape index (κ3) is 6.83. The van der Waals surface area contributed by atoms with Crippen LogP contribution in [0.5, 0.6) is 0 Å². The van der Waals surface area contributed by atoms with E-state index in [1.165, 1.54) is 44.5 Å². The maximum absolute atomic E-state index is 4.29. The third-order valence-corrected chi connectivity index (χ3v) is 5.00. The minimum absolute atomic E-state index is 0. The smallest absolute Gasteiger partial charge is 0.191 e. The molecule has 1 aliphatic heterocycles. The molecule has 0 aromatic carbocycles. The maximum atomic E-state index is 4.29. The van der Waals surface area contributed by atoms with E-state index in [2.05, 4.69) is 44.3 Å². The first-order chi connectivity index (χ1) is 10.3. The summed E-state index contributed by atoms with van der Waals surface area (Å²) in [6.07, 6.45) is 3.93. The topological polar surface area (TPSA) is 39.7 Å². The van der Waals surface area contributed by atoms with E-state index in [9.17, 15) is 0 Å². The molecule has 0 atom stereocenters. The molecule has 1 saturated heterocycles. The van der Waals surface area contributed by atoms with Crippen molar-refractivity contribution in [2.75, 3.05) is 33.2 Å². The van der Waals surface area contributed by atoms with Crippen molar-refractivity contribution in [3.8, 4) is 0 Å². The second kappa shape index (κ2) is 11.2. The quantitative estimate of drug-likeness (QED) is 0.409. The number of guanidine groups is 1. The van der Waals surface area contributed by atoms with E-state index in [1.807, 2.05) is 7.05 Å². The van der Waals surface area contributed by atoms with Crippen molar-refractivity contribution in [1.29, 1.82) is 0 Å². The predicted octanol–water partition coefficient (Wildman–Crippen LogP) is 3.15. The van der Waals surface area contributed by atoms with E-state index in [1.54, 1.807) is 11.3 Å². The number of hydrogen-bond donors (Lipinski definition) is 2. The Kier molecular flexibility index (Phi) is 10.1. The lowest BCUT2D eigenvalue weighted by atomic mass is 9.93. The number of rotatable bonds is 6. The van der Waals surface area contributed by atoms with Crippen LogP contribution >= 0.6 is 35.3 Å². The number of likely N-dealkylation sites (tertiary alicyclic amines) is 1. The van der Waals surface area contributed by atoms with Gasteiger partial charge in [-0.25, -0.2) is 0 Å². The van der Waals surface area contributed by atoms with Crippen LogP contribution < -0.4 is 10.6 Å². The highest BCUT2D eigenvalue weighted by Gasteiger charge is 2.17. The first-order valence-corrected chi connectivity index (χ1v) is 8.94. The van der Waals surface area contributed by atoms with Gasteiger partial charge in [-0.2, -0.15) is 11.3 Å². The molecule has 1 aromatic rings. The zero-order valence-corrected chi connectivity index (χ0v) is 16.8. The van der Waals surface area contributed by atoms with Gasteiger partial charge >= 0.3 is 0 Å². The summed E-state index contributed by atoms with van der Waals surface area (Å²) in [4.78, 5) is 6.83. The molecule has 2 rings (SSSR count). The molecule has 1 fully saturated rings. The molecule has 0 radical (unpaired) electrons. The van der Waals surface area contributed by atoms with E-state index in [0.29, 0.717) is 0 Å². The summed E-state index contributed by atoms with van der Waals surface area (Å²) >= 11 is 1.73. The first-order valence-electron chi connectivity index (χ1n) is 7.99. The molecule has 0 saturated carbocycles. The Morgan fingerprint density at radius 2 is 2.14 bits per heavy atom. The van der Waals surface area contributed by atoms with Gasteiger partial charge in [0.05, 0.1) is 0 Å². The second-order valence-electron chi connectivity index (χ2n) is 5.65. The van der Waals surface area contributed by atoms with Crippen LogP contribution in [0.25, 0.3) is 0 Å². The Labute approximate surface area is 155 Å². The molecular formula is C16H29IN4S. The van der Waals surface area contributed by atoms with Crippen LogP contribution in [0.15, 0.2) is 21.8 Å². The lowest BCUT2D eigenvalue weighted by Gasteiger charge is -2.31. The Hall–Kier alpha value is -0.340. The van der Waals surface area contributed by atoms with Crippen molar-refractivity contribution in [1.82, 2.24) is 15.5 Å². The van der Waals surface area contributed by atoms with Gasteiger partial charge in [0, 0.05) is 20.1 Å². The van der Waals surface area contributed by atoms with Crippen LogP contribution in [0.4, 0.5) is 0 Å². The van der Waals surface area contributed by atoms with Gasteiger partial charge in [-0.05, 0) is 67.2 Å². The number of thiophene rings is 1. The van der Waals surface area contributed by atoms with Crippen LogP contribution in [-0.4, -0.2) is 44.1 Å². The van der Waals surface area contributed by atoms with Gasteiger partial charge in [0.15, 0.2) is 5.96 Å². The standard InChI is InChI=1S/C16H28N4S.HI/c1-3-20-9-5-14(6-10-20)4-8-18-16(17-2)19-12-15-7-11-21-13-15;/h7,11,13-14H,3-6,8-10,12H2,1-2H3,(H2,17,18,19);1H. The second-order valence-corrected chi connectivity index (χ2v) is 6.43. The molecular weight excluding hydrogens is 407 g/mol. The van der Waals surface area contributed by atoms with Gasteiger partial charge in [-0.3, -0.25) is 4.99 Å². The molecule has 0 bridgehead atoms. The number of hydrogen-bond acceptors (Lipinski definition) is 3. The van der Waals surface area contributed by atoms with Gasteiger partial charge < -0.3 is 15.5 Å². The molecule has 6 heteroatoms. The van der Waals surface area contributed by atoms with Crippen LogP contribution in [0.1, 0.15) is 31.7 Å². The molecule has 1 aromatic heterocycles. The zero-order chi connectivity index (χ0) is 14.9. The average Bonchev–Trinajstić information content (AvgIpc) is 3.04. The molecule has 0 aliphatic carbocycles. The molecule has 22 heavy (non-hydrogen) atoms. The number of halogens is 1. The summed E-state index contributed by atoms with van der Waals surface area (Å²) in [7, 11) is 1.84. The van der Waals surface area contributed by atoms with Crippen molar-refractivity contribution in [3.05, 3.63) is 22.4 Å². The van der Waals surface area contributed by atoms with Gasteiger partial charge in [0.1, 0.15) is 0 Å². The largest absolute Gasteiger partial charge is 0.356 e. The van der Waals surface area contributed by atoms with Crippen LogP contribution in [-0.2, 0) is 6.54 Å². The Bertz CT molecular complexity index is 414. The van der Waals surface area contributed by atoms with E-state index >= 15 is 0 Å². The van der Waals surface area contributed by atoms with Crippen molar-refractivity contribution < 1.29 is 0 Å². The highest BCUT2D eigenvalue weighted by Crippen LogP contribution is 2.19. The number of aliphatic imine (C=N–C) groups is 1. The van der Waals surface area contributed by atoms with E-state index in [4.69, 9.17) is 0 Å². The first kappa shape index (κ1) is 19.7. The lowest BCUT2D eigenvalue weighted by Crippen LogP contribution is -2.39. The molecule has 2 heterocycles. The van der Waals surface area contributed by atoms with Crippen molar-refractivity contribution in [2.24, 2.45) is 10.9 Å². The molecule has 126 valence electrons. The zero-order valence-electron chi connectivity index (χ0n) is 13.7. The fraction of sp³-hybridized carbons (Fsp3) is 0.688. The molecule has 1 aliphatic rings. The summed E-state index contributed by atoms with van der Waals surface area (Å²) in [6.45, 7) is 7.85. The van der Waals surface area contributed by atoms with Gasteiger partial charge in [0.25, 0.3) is 0 Å². The lowest BCUT2D eigenvalue weighted by molar-refractivity contribution is 0.187. The van der Waals surface area contributed by atoms with Crippen molar-refractivity contribution in [2.45, 2.75) is 32.7 Å². The summed E-state index contributed by atoms with van der Waals surface area (Å²) in [5, 5.41) is 11.1. The number of nitrogens with one attached hydrogen (secondary N) is 2. The summed E-state index contributed by atoms with van der Waals surface area (Å²) in [6, 6.07) is 2.15. The molecule has 2 N–H and O–H groups in total. The minimum atomic E-state index is 0. The van der Waals surface area contributed by atoms with E-state index in [-0.39, 0.29) is 24.0 Å². The monoisotopic (exact) mass is 436 g/mol. The van der Waals surface area contributed by atoms with Crippen LogP contribution in [0.2, 0.25) is 0 Å².